The van der Waals surface area contributed by atoms with Gasteiger partial charge in [0.05, 0.1) is 36.2 Å². The third-order valence-corrected chi connectivity index (χ3v) is 11.8. The van der Waals surface area contributed by atoms with E-state index >= 15 is 0 Å². The number of rotatable bonds is 7. The molecule has 2 unspecified atom stereocenters. The first-order valence-electron chi connectivity index (χ1n) is 19.2. The minimum Gasteiger partial charge on any atom is -0.459 e. The molecule has 16 nitrogen and oxygen atoms in total. The summed E-state index contributed by atoms with van der Waals surface area (Å²) >= 11 is 0. The van der Waals surface area contributed by atoms with Crippen LogP contribution in [0.15, 0.2) is 34.9 Å². The number of aliphatic hydroxyl groups excluding tert-OH is 1. The smallest absolute Gasteiger partial charge is 0.316 e. The maximum absolute atomic E-state index is 14.6. The minimum absolute atomic E-state index is 0.0301. The number of esters is 1. The number of carbonyl (C=O) groups is 3. The number of cyclic esters (lactones) is 1. The molecule has 3 aliphatic heterocycles. The van der Waals surface area contributed by atoms with E-state index < -0.39 is 77.1 Å². The zero-order chi connectivity index (χ0) is 40.4. The number of amides is 1. The predicted octanol–water partition coefficient (Wildman–Crippen LogP) is 3.35. The van der Waals surface area contributed by atoms with Crippen molar-refractivity contribution < 1.29 is 48.4 Å². The molecular formula is C39H58N6O10. The van der Waals surface area contributed by atoms with Crippen molar-refractivity contribution in [2.24, 2.45) is 39.7 Å². The molecule has 1 amide bonds. The summed E-state index contributed by atoms with van der Waals surface area (Å²) in [4.78, 5) is 62.2. The van der Waals surface area contributed by atoms with E-state index in [0.29, 0.717) is 35.6 Å². The summed E-state index contributed by atoms with van der Waals surface area (Å²) in [5.41, 5.74) is 0.357. The van der Waals surface area contributed by atoms with E-state index in [1.165, 1.54) is 13.8 Å². The standard InChI is InChI=1S/C39H58N6O10/c1-11-31-38(8,50)29-13-12-27(43-52-20-28-18-45-15-14-40-17-32(45)42-28)19-51-39(24(5)33(22(29)3)41-26(7)46,25(6)34(47)23(4)36(49)54-31)55-37-35(48)30(44(9)10)16-21(2)53-37/h14-15,17-18,21-25,29-31,35,37,48,50H,11-13,16,19-20H2,1-10H3/b41-33?,43-27+/t21-,22-,23?,24+,25+,29?,30+,31-,35-,37+,38+,39+/m1/s1. The van der Waals surface area contributed by atoms with Gasteiger partial charge in [-0.25, -0.2) is 9.98 Å². The molecule has 2 bridgehead atoms. The molecule has 304 valence electrons. The number of ether oxygens (including phenoxy) is 4. The van der Waals surface area contributed by atoms with Gasteiger partial charge < -0.3 is 43.3 Å². The van der Waals surface area contributed by atoms with E-state index in [1.54, 1.807) is 46.3 Å². The lowest BCUT2D eigenvalue weighted by Crippen LogP contribution is -2.63. The van der Waals surface area contributed by atoms with Crippen LogP contribution in [-0.4, -0.2) is 121 Å². The lowest BCUT2D eigenvalue weighted by molar-refractivity contribution is -0.366. The first-order chi connectivity index (χ1) is 25.9. The number of hydrogen-bond donors (Lipinski definition) is 2. The molecule has 2 N–H and O–H groups in total. The fourth-order valence-electron chi connectivity index (χ4n) is 8.52. The molecule has 12 atom stereocenters. The highest BCUT2D eigenvalue weighted by Crippen LogP contribution is 2.45. The first kappa shape index (κ1) is 42.5. The molecular weight excluding hydrogens is 712 g/mol. The Kier molecular flexibility index (Phi) is 13.3. The van der Waals surface area contributed by atoms with Gasteiger partial charge in [-0.15, -0.1) is 0 Å². The summed E-state index contributed by atoms with van der Waals surface area (Å²) in [6.07, 6.45) is 4.35. The van der Waals surface area contributed by atoms with Crippen LogP contribution in [0.25, 0.3) is 5.65 Å². The van der Waals surface area contributed by atoms with Crippen molar-refractivity contribution in [2.45, 2.75) is 130 Å². The monoisotopic (exact) mass is 770 g/mol. The van der Waals surface area contributed by atoms with Crippen molar-refractivity contribution in [3.8, 4) is 0 Å². The molecule has 3 saturated heterocycles. The number of Topliss-reactive ketones (excluding diaryl/α,β-unsaturated/α-hetero) is 1. The molecule has 2 aromatic heterocycles. The second kappa shape index (κ2) is 17.2. The molecule has 3 aliphatic rings. The van der Waals surface area contributed by atoms with Crippen LogP contribution in [0.4, 0.5) is 0 Å². The number of aliphatic hydroxyl groups is 2. The highest BCUT2D eigenvalue weighted by molar-refractivity contribution is 6.02. The topological polar surface area (TPSA) is 196 Å². The summed E-state index contributed by atoms with van der Waals surface area (Å²) in [6.45, 7) is 13.0. The number of ketones is 1. The van der Waals surface area contributed by atoms with Gasteiger partial charge in [0.1, 0.15) is 23.7 Å². The van der Waals surface area contributed by atoms with Crippen molar-refractivity contribution in [3.05, 3.63) is 30.5 Å². The Morgan fingerprint density at radius 2 is 1.89 bits per heavy atom. The van der Waals surface area contributed by atoms with E-state index in [9.17, 15) is 24.6 Å². The average molecular weight is 771 g/mol. The van der Waals surface area contributed by atoms with Gasteiger partial charge in [0, 0.05) is 49.1 Å². The van der Waals surface area contributed by atoms with Gasteiger partial charge in [-0.1, -0.05) is 32.9 Å². The van der Waals surface area contributed by atoms with E-state index in [4.69, 9.17) is 23.8 Å². The number of oxime groups is 1. The van der Waals surface area contributed by atoms with Crippen LogP contribution < -0.4 is 0 Å². The average Bonchev–Trinajstić information content (AvgIpc) is 3.55. The van der Waals surface area contributed by atoms with E-state index in [0.717, 1.165) is 0 Å². The molecule has 3 fully saturated rings. The summed E-state index contributed by atoms with van der Waals surface area (Å²) in [5, 5.41) is 28.7. The number of carbonyl (C=O) groups excluding carboxylic acids is 3. The molecule has 5 rings (SSSR count). The SMILES string of the molecule is CC[C@H]1OC(=O)C(C)C(=O)[C@H](C)[C@]2(O[C@@H]3O[C@H](C)C[C@H](N(C)C)[C@H]3O)OC/C(=N/OCc3cn4ccncc4n3)CCC([C@@H](C)C(=NC(C)=O)[C@@H]2C)[C@]1(C)O. The van der Waals surface area contributed by atoms with Crippen molar-refractivity contribution in [3.63, 3.8) is 0 Å². The van der Waals surface area contributed by atoms with Crippen molar-refractivity contribution in [1.29, 1.82) is 0 Å². The van der Waals surface area contributed by atoms with Gasteiger partial charge in [-0.2, -0.15) is 0 Å². The van der Waals surface area contributed by atoms with Crippen LogP contribution in [-0.2, 0) is 44.8 Å². The van der Waals surface area contributed by atoms with Gasteiger partial charge in [-0.05, 0) is 66.5 Å². The summed E-state index contributed by atoms with van der Waals surface area (Å²) in [5.74, 6) is -8.65. The molecule has 0 saturated carbocycles. The lowest BCUT2D eigenvalue weighted by atomic mass is 9.67. The third-order valence-electron chi connectivity index (χ3n) is 11.8. The third kappa shape index (κ3) is 8.84. The van der Waals surface area contributed by atoms with Crippen molar-refractivity contribution >= 4 is 34.7 Å². The normalized spacial score (nSPS) is 38.3. The fraction of sp³-hybridized carbons (Fsp3) is 0.718. The van der Waals surface area contributed by atoms with Gasteiger partial charge >= 0.3 is 5.97 Å². The minimum atomic E-state index is -2.00. The first-order valence-corrected chi connectivity index (χ1v) is 19.2. The molecule has 55 heavy (non-hydrogen) atoms. The maximum atomic E-state index is 14.6. The quantitative estimate of drug-likeness (QED) is 0.237. The second-order valence-corrected chi connectivity index (χ2v) is 15.8. The molecule has 0 aromatic carbocycles. The maximum Gasteiger partial charge on any atom is 0.316 e. The molecule has 5 heterocycles. The van der Waals surface area contributed by atoms with Crippen LogP contribution in [0.2, 0.25) is 0 Å². The van der Waals surface area contributed by atoms with E-state index in [2.05, 4.69) is 20.1 Å². The lowest BCUT2D eigenvalue weighted by Gasteiger charge is -2.51. The van der Waals surface area contributed by atoms with Gasteiger partial charge in [0.25, 0.3) is 0 Å². The molecule has 0 radical (unpaired) electrons. The number of aliphatic imine (C=N–C) groups is 1. The van der Waals surface area contributed by atoms with Crippen LogP contribution >= 0.6 is 0 Å². The Morgan fingerprint density at radius 3 is 2.55 bits per heavy atom. The summed E-state index contributed by atoms with van der Waals surface area (Å²) in [7, 11) is 3.69. The Bertz CT molecular complexity index is 1730. The number of hydrogen-bond acceptors (Lipinski definition) is 14. The second-order valence-electron chi connectivity index (χ2n) is 15.8. The Labute approximate surface area is 322 Å². The highest BCUT2D eigenvalue weighted by atomic mass is 16.8. The van der Waals surface area contributed by atoms with Crippen LogP contribution in [0.3, 0.4) is 0 Å². The Balaban J connectivity index is 1.68. The van der Waals surface area contributed by atoms with E-state index in [-0.39, 0.29) is 38.2 Å². The number of imidazole rings is 1. The Hall–Kier alpha value is -3.67. The van der Waals surface area contributed by atoms with Gasteiger partial charge in [0.2, 0.25) is 5.91 Å². The zero-order valence-corrected chi connectivity index (χ0v) is 33.7. The van der Waals surface area contributed by atoms with Crippen LogP contribution in [0, 0.1) is 29.6 Å². The zero-order valence-electron chi connectivity index (χ0n) is 33.7. The number of nitrogens with zero attached hydrogens (tertiary/aromatic N) is 6. The number of fused-ring (bicyclic) bond motifs is 5. The number of likely N-dealkylation sites (N-methyl/N-ethyl adjacent to an activating group) is 1. The molecule has 2 aromatic rings. The fourth-order valence-corrected chi connectivity index (χ4v) is 8.52. The van der Waals surface area contributed by atoms with Gasteiger partial charge in [-0.3, -0.25) is 19.4 Å². The number of aromatic nitrogens is 3. The molecule has 0 aliphatic carbocycles. The molecule has 0 spiro atoms. The van der Waals surface area contributed by atoms with Gasteiger partial charge in [0.15, 0.2) is 30.1 Å². The van der Waals surface area contributed by atoms with Crippen LogP contribution in [0.5, 0.6) is 0 Å². The predicted molar refractivity (Wildman–Crippen MR) is 201 cm³/mol. The summed E-state index contributed by atoms with van der Waals surface area (Å²) in [6, 6.07) is -0.373. The summed E-state index contributed by atoms with van der Waals surface area (Å²) < 4.78 is 27.7. The van der Waals surface area contributed by atoms with Crippen molar-refractivity contribution in [2.75, 3.05) is 20.7 Å². The van der Waals surface area contributed by atoms with Crippen molar-refractivity contribution in [1.82, 2.24) is 19.3 Å². The largest absolute Gasteiger partial charge is 0.459 e. The van der Waals surface area contributed by atoms with E-state index in [1.807, 2.05) is 43.4 Å². The Morgan fingerprint density at radius 1 is 1.16 bits per heavy atom. The highest BCUT2D eigenvalue weighted by Gasteiger charge is 2.57. The molecule has 16 heteroatoms. The van der Waals surface area contributed by atoms with Crippen LogP contribution in [0.1, 0.15) is 86.8 Å².